The van der Waals surface area contributed by atoms with Gasteiger partial charge in [-0.2, -0.15) is 5.10 Å². The fraction of sp³-hybridized carbons (Fsp3) is 0.636. The first-order chi connectivity index (χ1) is 7.59. The van der Waals surface area contributed by atoms with E-state index in [0.29, 0.717) is 19.0 Å². The average Bonchev–Trinajstić information content (AvgIpc) is 2.69. The minimum Gasteiger partial charge on any atom is -0.349 e. The van der Waals surface area contributed by atoms with Crippen LogP contribution in [0.5, 0.6) is 0 Å². The quantitative estimate of drug-likeness (QED) is 0.674. The van der Waals surface area contributed by atoms with Crippen LogP contribution in [0.1, 0.15) is 38.8 Å². The zero-order chi connectivity index (χ0) is 12.0. The number of carbonyl (C=O) groups is 1. The maximum absolute atomic E-state index is 11.5. The second-order valence-corrected chi connectivity index (χ2v) is 4.18. The Morgan fingerprint density at radius 1 is 1.50 bits per heavy atom. The molecule has 1 heterocycles. The smallest absolute Gasteiger partial charge is 0.221 e. The molecule has 5 nitrogen and oxygen atoms in total. The lowest BCUT2D eigenvalue weighted by Gasteiger charge is -2.13. The number of hydrogen-bond acceptors (Lipinski definition) is 3. The minimum absolute atomic E-state index is 0.00491. The van der Waals surface area contributed by atoms with E-state index in [2.05, 4.69) is 34.7 Å². The third-order valence-electron chi connectivity index (χ3n) is 2.30. The Kier molecular flexibility index (Phi) is 4.98. The van der Waals surface area contributed by atoms with Crippen molar-refractivity contribution in [3.05, 3.63) is 18.0 Å². The molecule has 0 aliphatic rings. The molecule has 0 aliphatic carbocycles. The van der Waals surface area contributed by atoms with Gasteiger partial charge in [-0.15, -0.1) is 0 Å². The van der Waals surface area contributed by atoms with Crippen molar-refractivity contribution in [2.75, 3.05) is 6.54 Å². The standard InChI is InChI=1S/C11H20N4O/c1-8(2)12-5-4-11(16)15-9(3)10-6-13-14-7-10/h6-9,12H,4-5H2,1-3H3,(H,13,14)(H,15,16). The average molecular weight is 224 g/mol. The highest BCUT2D eigenvalue weighted by molar-refractivity contribution is 5.76. The number of carbonyl (C=O) groups excluding carboxylic acids is 1. The van der Waals surface area contributed by atoms with Crippen LogP contribution in [0.15, 0.2) is 12.4 Å². The Labute approximate surface area is 96.0 Å². The Bertz CT molecular complexity index is 308. The summed E-state index contributed by atoms with van der Waals surface area (Å²) < 4.78 is 0. The molecule has 3 N–H and O–H groups in total. The van der Waals surface area contributed by atoms with Gasteiger partial charge < -0.3 is 10.6 Å². The van der Waals surface area contributed by atoms with E-state index in [-0.39, 0.29) is 11.9 Å². The van der Waals surface area contributed by atoms with Crippen LogP contribution in [-0.4, -0.2) is 28.7 Å². The molecule has 0 bridgehead atoms. The van der Waals surface area contributed by atoms with E-state index >= 15 is 0 Å². The Balaban J connectivity index is 2.24. The Hall–Kier alpha value is -1.36. The van der Waals surface area contributed by atoms with E-state index in [1.54, 1.807) is 12.4 Å². The molecule has 16 heavy (non-hydrogen) atoms. The van der Waals surface area contributed by atoms with Gasteiger partial charge >= 0.3 is 0 Å². The molecule has 1 unspecified atom stereocenters. The number of nitrogens with zero attached hydrogens (tertiary/aromatic N) is 1. The highest BCUT2D eigenvalue weighted by Gasteiger charge is 2.09. The molecule has 1 rings (SSSR count). The first-order valence-corrected chi connectivity index (χ1v) is 5.61. The van der Waals surface area contributed by atoms with E-state index in [9.17, 15) is 4.79 Å². The third-order valence-corrected chi connectivity index (χ3v) is 2.30. The summed E-state index contributed by atoms with van der Waals surface area (Å²) in [6, 6.07) is 0.421. The Morgan fingerprint density at radius 2 is 2.25 bits per heavy atom. The molecular formula is C11H20N4O. The highest BCUT2D eigenvalue weighted by atomic mass is 16.1. The van der Waals surface area contributed by atoms with Gasteiger partial charge in [0.15, 0.2) is 0 Å². The summed E-state index contributed by atoms with van der Waals surface area (Å²) in [6.07, 6.45) is 4.01. The van der Waals surface area contributed by atoms with Crippen LogP contribution in [-0.2, 0) is 4.79 Å². The van der Waals surface area contributed by atoms with Gasteiger partial charge in [-0.25, -0.2) is 0 Å². The second-order valence-electron chi connectivity index (χ2n) is 4.18. The largest absolute Gasteiger partial charge is 0.349 e. The van der Waals surface area contributed by atoms with Crippen molar-refractivity contribution < 1.29 is 4.79 Å². The van der Waals surface area contributed by atoms with Crippen molar-refractivity contribution in [2.45, 2.75) is 39.3 Å². The van der Waals surface area contributed by atoms with E-state index in [1.807, 2.05) is 6.92 Å². The lowest BCUT2D eigenvalue weighted by Crippen LogP contribution is -2.31. The number of rotatable bonds is 6. The van der Waals surface area contributed by atoms with E-state index in [0.717, 1.165) is 5.56 Å². The highest BCUT2D eigenvalue weighted by Crippen LogP contribution is 2.08. The summed E-state index contributed by atoms with van der Waals surface area (Å²) >= 11 is 0. The van der Waals surface area contributed by atoms with Gasteiger partial charge in [0.1, 0.15) is 0 Å². The predicted molar refractivity (Wildman–Crippen MR) is 62.9 cm³/mol. The van der Waals surface area contributed by atoms with Crippen LogP contribution in [0.2, 0.25) is 0 Å². The van der Waals surface area contributed by atoms with Crippen LogP contribution in [0, 0.1) is 0 Å². The molecule has 0 saturated carbocycles. The van der Waals surface area contributed by atoms with Gasteiger partial charge in [0.05, 0.1) is 12.2 Å². The normalized spacial score (nSPS) is 12.8. The molecule has 0 aromatic carbocycles. The summed E-state index contributed by atoms with van der Waals surface area (Å²) in [5.41, 5.74) is 0.991. The molecule has 0 saturated heterocycles. The number of aromatic nitrogens is 2. The van der Waals surface area contributed by atoms with Crippen molar-refractivity contribution >= 4 is 5.91 Å². The fourth-order valence-corrected chi connectivity index (χ4v) is 1.37. The first-order valence-electron chi connectivity index (χ1n) is 5.61. The number of amides is 1. The lowest BCUT2D eigenvalue weighted by atomic mass is 10.2. The van der Waals surface area contributed by atoms with Crippen LogP contribution < -0.4 is 10.6 Å². The molecule has 0 fully saturated rings. The molecule has 90 valence electrons. The van der Waals surface area contributed by atoms with Crippen molar-refractivity contribution in [3.63, 3.8) is 0 Å². The van der Waals surface area contributed by atoms with E-state index in [1.165, 1.54) is 0 Å². The molecule has 0 radical (unpaired) electrons. The van der Waals surface area contributed by atoms with Crippen molar-refractivity contribution in [3.8, 4) is 0 Å². The molecule has 0 spiro atoms. The molecule has 1 amide bonds. The van der Waals surface area contributed by atoms with Crippen LogP contribution in [0.3, 0.4) is 0 Å². The van der Waals surface area contributed by atoms with Crippen LogP contribution in [0.25, 0.3) is 0 Å². The molecule has 1 atom stereocenters. The monoisotopic (exact) mass is 224 g/mol. The van der Waals surface area contributed by atoms with Gasteiger partial charge in [0.25, 0.3) is 0 Å². The third kappa shape index (κ3) is 4.44. The van der Waals surface area contributed by atoms with Crippen molar-refractivity contribution in [1.82, 2.24) is 20.8 Å². The van der Waals surface area contributed by atoms with Crippen molar-refractivity contribution in [1.29, 1.82) is 0 Å². The van der Waals surface area contributed by atoms with Gasteiger partial charge in [-0.3, -0.25) is 9.89 Å². The summed E-state index contributed by atoms with van der Waals surface area (Å²) in [6.45, 7) is 6.78. The summed E-state index contributed by atoms with van der Waals surface area (Å²) in [7, 11) is 0. The molecular weight excluding hydrogens is 204 g/mol. The SMILES string of the molecule is CC(C)NCCC(=O)NC(C)c1cn[nH]c1. The van der Waals surface area contributed by atoms with Gasteiger partial charge in [0, 0.05) is 30.8 Å². The first kappa shape index (κ1) is 12.7. The molecule has 0 aliphatic heterocycles. The predicted octanol–water partition coefficient (Wildman–Crippen LogP) is 0.975. The number of hydrogen-bond donors (Lipinski definition) is 3. The van der Waals surface area contributed by atoms with Crippen LogP contribution >= 0.6 is 0 Å². The topological polar surface area (TPSA) is 69.8 Å². The second kappa shape index (κ2) is 6.27. The number of nitrogens with one attached hydrogen (secondary N) is 3. The van der Waals surface area contributed by atoms with E-state index in [4.69, 9.17) is 0 Å². The summed E-state index contributed by atoms with van der Waals surface area (Å²) in [4.78, 5) is 11.5. The zero-order valence-electron chi connectivity index (χ0n) is 10.1. The molecule has 1 aromatic heterocycles. The number of H-pyrrole nitrogens is 1. The van der Waals surface area contributed by atoms with Crippen molar-refractivity contribution in [2.24, 2.45) is 0 Å². The maximum Gasteiger partial charge on any atom is 0.221 e. The molecule has 5 heteroatoms. The summed E-state index contributed by atoms with van der Waals surface area (Å²) in [5, 5.41) is 12.7. The Morgan fingerprint density at radius 3 is 2.81 bits per heavy atom. The molecule has 1 aromatic rings. The fourth-order valence-electron chi connectivity index (χ4n) is 1.37. The van der Waals surface area contributed by atoms with Gasteiger partial charge in [-0.05, 0) is 6.92 Å². The zero-order valence-corrected chi connectivity index (χ0v) is 10.1. The van der Waals surface area contributed by atoms with Gasteiger partial charge in [-0.1, -0.05) is 13.8 Å². The summed E-state index contributed by atoms with van der Waals surface area (Å²) in [5.74, 6) is 0.0573. The maximum atomic E-state index is 11.5. The van der Waals surface area contributed by atoms with Crippen LogP contribution in [0.4, 0.5) is 0 Å². The van der Waals surface area contributed by atoms with Gasteiger partial charge in [0.2, 0.25) is 5.91 Å². The minimum atomic E-state index is 0.00491. The van der Waals surface area contributed by atoms with E-state index < -0.39 is 0 Å². The lowest BCUT2D eigenvalue weighted by molar-refractivity contribution is -0.121. The number of aromatic amines is 1.